The second kappa shape index (κ2) is 7.15. The van der Waals surface area contributed by atoms with Crippen molar-refractivity contribution < 1.29 is 4.79 Å². The van der Waals surface area contributed by atoms with Crippen molar-refractivity contribution in [3.8, 4) is 0 Å². The number of carbonyl (C=O) groups excluding carboxylic acids is 1. The van der Waals surface area contributed by atoms with Crippen molar-refractivity contribution in [3.63, 3.8) is 0 Å². The summed E-state index contributed by atoms with van der Waals surface area (Å²) in [5, 5.41) is 2.45. The number of hydrogen-bond donors (Lipinski definition) is 0. The molecule has 0 unspecified atom stereocenters. The fourth-order valence-corrected chi connectivity index (χ4v) is 3.66. The molecule has 0 atom stereocenters. The van der Waals surface area contributed by atoms with E-state index in [1.807, 2.05) is 4.90 Å². The Kier molecular flexibility index (Phi) is 4.99. The topological polar surface area (TPSA) is 20.3 Å². The van der Waals surface area contributed by atoms with Crippen LogP contribution in [0.5, 0.6) is 0 Å². The van der Waals surface area contributed by atoms with Gasteiger partial charge in [-0.25, -0.2) is 0 Å². The standard InChI is InChI=1S/C19H22ClNO/c20-13-19(22)21(17-10-2-1-3-11-17)14-16-9-6-8-15-7-4-5-12-18(15)16/h4-9,12,17H,1-3,10-11,13-14H2. The summed E-state index contributed by atoms with van der Waals surface area (Å²) in [5.74, 6) is 0.128. The SMILES string of the molecule is O=C(CCl)N(Cc1cccc2ccccc12)C1CCCCC1. The van der Waals surface area contributed by atoms with Crippen molar-refractivity contribution in [2.24, 2.45) is 0 Å². The minimum absolute atomic E-state index is 0.0569. The third-order valence-corrected chi connectivity index (χ3v) is 4.90. The van der Waals surface area contributed by atoms with Gasteiger partial charge >= 0.3 is 0 Å². The van der Waals surface area contributed by atoms with Gasteiger partial charge in [-0.05, 0) is 29.2 Å². The van der Waals surface area contributed by atoms with Crippen LogP contribution in [0.2, 0.25) is 0 Å². The molecule has 0 saturated heterocycles. The Bertz CT molecular complexity index is 643. The normalized spacial score (nSPS) is 15.9. The summed E-state index contributed by atoms with van der Waals surface area (Å²) in [5.41, 5.74) is 1.21. The minimum atomic E-state index is 0.0569. The summed E-state index contributed by atoms with van der Waals surface area (Å²) < 4.78 is 0. The molecule has 0 heterocycles. The van der Waals surface area contributed by atoms with E-state index in [0.29, 0.717) is 12.6 Å². The van der Waals surface area contributed by atoms with Crippen molar-refractivity contribution in [1.29, 1.82) is 0 Å². The number of benzene rings is 2. The second-order valence-corrected chi connectivity index (χ2v) is 6.35. The predicted octanol–water partition coefficient (Wildman–Crippen LogP) is 4.74. The molecule has 1 aliphatic carbocycles. The molecule has 1 amide bonds. The van der Waals surface area contributed by atoms with E-state index in [9.17, 15) is 4.79 Å². The van der Waals surface area contributed by atoms with Gasteiger partial charge < -0.3 is 4.90 Å². The number of rotatable bonds is 4. The van der Waals surface area contributed by atoms with Crippen LogP contribution in [-0.4, -0.2) is 22.7 Å². The second-order valence-electron chi connectivity index (χ2n) is 6.09. The molecule has 2 aromatic carbocycles. The molecule has 1 saturated carbocycles. The molecule has 22 heavy (non-hydrogen) atoms. The molecule has 0 bridgehead atoms. The van der Waals surface area contributed by atoms with E-state index in [1.54, 1.807) is 0 Å². The molecule has 0 N–H and O–H groups in total. The van der Waals surface area contributed by atoms with Gasteiger partial charge in [0.2, 0.25) is 5.91 Å². The van der Waals surface area contributed by atoms with Crippen LogP contribution in [-0.2, 0) is 11.3 Å². The molecule has 3 heteroatoms. The molecule has 1 fully saturated rings. The van der Waals surface area contributed by atoms with Crippen LogP contribution in [0.15, 0.2) is 42.5 Å². The third kappa shape index (κ3) is 3.27. The van der Waals surface area contributed by atoms with Crippen molar-refractivity contribution in [2.45, 2.75) is 44.7 Å². The summed E-state index contributed by atoms with van der Waals surface area (Å²) in [6.45, 7) is 0.664. The quantitative estimate of drug-likeness (QED) is 0.746. The Labute approximate surface area is 137 Å². The van der Waals surface area contributed by atoms with Gasteiger partial charge in [-0.1, -0.05) is 61.7 Å². The molecule has 0 aromatic heterocycles. The molecule has 3 rings (SSSR count). The van der Waals surface area contributed by atoms with Crippen LogP contribution in [0.4, 0.5) is 0 Å². The smallest absolute Gasteiger partial charge is 0.238 e. The fraction of sp³-hybridized carbons (Fsp3) is 0.421. The lowest BCUT2D eigenvalue weighted by Gasteiger charge is -2.34. The Morgan fingerprint density at radius 3 is 2.55 bits per heavy atom. The van der Waals surface area contributed by atoms with Crippen molar-refractivity contribution in [3.05, 3.63) is 48.0 Å². The first-order valence-corrected chi connectivity index (χ1v) is 8.65. The summed E-state index contributed by atoms with van der Waals surface area (Å²) in [7, 11) is 0. The van der Waals surface area contributed by atoms with Crippen molar-refractivity contribution >= 4 is 28.3 Å². The number of alkyl halides is 1. The highest BCUT2D eigenvalue weighted by molar-refractivity contribution is 6.27. The maximum atomic E-state index is 12.3. The van der Waals surface area contributed by atoms with Crippen molar-refractivity contribution in [2.75, 3.05) is 5.88 Å². The predicted molar refractivity (Wildman–Crippen MR) is 92.1 cm³/mol. The van der Waals surface area contributed by atoms with E-state index in [0.717, 1.165) is 12.8 Å². The van der Waals surface area contributed by atoms with Gasteiger partial charge in [0, 0.05) is 12.6 Å². The van der Waals surface area contributed by atoms with E-state index in [-0.39, 0.29) is 11.8 Å². The lowest BCUT2D eigenvalue weighted by atomic mass is 9.93. The van der Waals surface area contributed by atoms with Gasteiger partial charge in [0.25, 0.3) is 0 Å². The van der Waals surface area contributed by atoms with E-state index < -0.39 is 0 Å². The van der Waals surface area contributed by atoms with Gasteiger partial charge in [0.1, 0.15) is 5.88 Å². The fourth-order valence-electron chi connectivity index (χ4n) is 3.50. The highest BCUT2D eigenvalue weighted by Gasteiger charge is 2.25. The Morgan fingerprint density at radius 2 is 1.77 bits per heavy atom. The molecule has 0 radical (unpaired) electrons. The minimum Gasteiger partial charge on any atom is -0.334 e. The lowest BCUT2D eigenvalue weighted by Crippen LogP contribution is -2.41. The molecular formula is C19H22ClNO. The van der Waals surface area contributed by atoms with Crippen LogP contribution in [0.25, 0.3) is 10.8 Å². The molecule has 0 aliphatic heterocycles. The number of hydrogen-bond acceptors (Lipinski definition) is 1. The number of halogens is 1. The van der Waals surface area contributed by atoms with E-state index in [1.165, 1.54) is 35.6 Å². The zero-order chi connectivity index (χ0) is 15.4. The summed E-state index contributed by atoms with van der Waals surface area (Å²) in [4.78, 5) is 14.4. The molecule has 1 aliphatic rings. The Balaban J connectivity index is 1.89. The Hall–Kier alpha value is -1.54. The molecular weight excluding hydrogens is 294 g/mol. The monoisotopic (exact) mass is 315 g/mol. The maximum absolute atomic E-state index is 12.3. The Morgan fingerprint density at radius 1 is 1.05 bits per heavy atom. The highest BCUT2D eigenvalue weighted by Crippen LogP contribution is 2.26. The van der Waals surface area contributed by atoms with Gasteiger partial charge in [0.15, 0.2) is 0 Å². The maximum Gasteiger partial charge on any atom is 0.238 e. The average Bonchev–Trinajstić information content (AvgIpc) is 2.60. The largest absolute Gasteiger partial charge is 0.334 e. The molecule has 116 valence electrons. The zero-order valence-electron chi connectivity index (χ0n) is 12.8. The van der Waals surface area contributed by atoms with Crippen LogP contribution in [0.1, 0.15) is 37.7 Å². The number of nitrogens with zero attached hydrogens (tertiary/aromatic N) is 1. The molecule has 2 aromatic rings. The average molecular weight is 316 g/mol. The molecule has 0 spiro atoms. The first-order chi connectivity index (χ1) is 10.8. The van der Waals surface area contributed by atoms with Gasteiger partial charge in [0.05, 0.1) is 0 Å². The van der Waals surface area contributed by atoms with Gasteiger partial charge in [-0.3, -0.25) is 4.79 Å². The van der Waals surface area contributed by atoms with E-state index >= 15 is 0 Å². The summed E-state index contributed by atoms with van der Waals surface area (Å²) in [6.07, 6.45) is 5.92. The van der Waals surface area contributed by atoms with Gasteiger partial charge in [-0.15, -0.1) is 11.6 Å². The first kappa shape index (κ1) is 15.4. The van der Waals surface area contributed by atoms with Crippen LogP contribution in [0.3, 0.4) is 0 Å². The van der Waals surface area contributed by atoms with Crippen LogP contribution < -0.4 is 0 Å². The number of amides is 1. The summed E-state index contributed by atoms with van der Waals surface area (Å²) in [6, 6.07) is 15.0. The lowest BCUT2D eigenvalue weighted by molar-refractivity contribution is -0.132. The number of fused-ring (bicyclic) bond motifs is 1. The van der Waals surface area contributed by atoms with E-state index in [4.69, 9.17) is 11.6 Å². The van der Waals surface area contributed by atoms with Gasteiger partial charge in [-0.2, -0.15) is 0 Å². The number of carbonyl (C=O) groups is 1. The van der Waals surface area contributed by atoms with E-state index in [2.05, 4.69) is 42.5 Å². The molecule has 2 nitrogen and oxygen atoms in total. The first-order valence-electron chi connectivity index (χ1n) is 8.11. The van der Waals surface area contributed by atoms with Crippen molar-refractivity contribution in [1.82, 2.24) is 4.90 Å². The summed E-state index contributed by atoms with van der Waals surface area (Å²) >= 11 is 5.86. The van der Waals surface area contributed by atoms with Crippen LogP contribution in [0, 0.1) is 0 Å². The highest BCUT2D eigenvalue weighted by atomic mass is 35.5. The van der Waals surface area contributed by atoms with Crippen LogP contribution >= 0.6 is 11.6 Å². The third-order valence-electron chi connectivity index (χ3n) is 4.67. The zero-order valence-corrected chi connectivity index (χ0v) is 13.6.